The average molecular weight is 239 g/mol. The van der Waals surface area contributed by atoms with Gasteiger partial charge in [0.05, 0.1) is 10.0 Å². The minimum Gasteiger partial charge on any atom is -0.412 e. The molecule has 1 rings (SSSR count). The van der Waals surface area contributed by atoms with Crippen LogP contribution in [0.1, 0.15) is 6.92 Å². The highest BCUT2D eigenvalue weighted by molar-refractivity contribution is 6.41. The van der Waals surface area contributed by atoms with Crippen LogP contribution in [0.15, 0.2) is 24.3 Å². The topological polar surface area (TPSA) is 86.6 Å². The number of carbonyl (C=O) groups is 1. The molecule has 0 bridgehead atoms. The lowest BCUT2D eigenvalue weighted by molar-refractivity contribution is -0.119. The lowest BCUT2D eigenvalue weighted by Crippen LogP contribution is -2.26. The third-order valence-corrected chi connectivity index (χ3v) is 1.78. The van der Waals surface area contributed by atoms with Crippen LogP contribution in [-0.4, -0.2) is 11.4 Å². The molecule has 0 unspecified atom stereocenters. The molecule has 1 amide bonds. The Labute approximate surface area is 92.3 Å². The van der Waals surface area contributed by atoms with Crippen molar-refractivity contribution >= 4 is 29.1 Å². The van der Waals surface area contributed by atoms with Gasteiger partial charge in [-0.1, -0.05) is 35.3 Å². The third kappa shape index (κ3) is 7.82. The summed E-state index contributed by atoms with van der Waals surface area (Å²) in [7, 11) is 0. The fourth-order valence-corrected chi connectivity index (χ4v) is 0.711. The molecule has 1 aromatic carbocycles. The Hall–Kier alpha value is -0.810. The predicted octanol–water partition coefficient (Wildman–Crippen LogP) is 1.16. The molecule has 0 radical (unpaired) electrons. The van der Waals surface area contributed by atoms with Crippen molar-refractivity contribution in [1.29, 1.82) is 0 Å². The SMILES string of the molecule is CC(=O)NN.Clc1ccccc1Cl.O. The van der Waals surface area contributed by atoms with Crippen LogP contribution >= 0.6 is 23.2 Å². The summed E-state index contributed by atoms with van der Waals surface area (Å²) in [6.07, 6.45) is 0. The number of hydrogen-bond donors (Lipinski definition) is 2. The van der Waals surface area contributed by atoms with Gasteiger partial charge in [-0.05, 0) is 12.1 Å². The fraction of sp³-hybridized carbons (Fsp3) is 0.125. The second-order valence-corrected chi connectivity index (χ2v) is 2.93. The van der Waals surface area contributed by atoms with E-state index in [2.05, 4.69) is 5.84 Å². The molecule has 80 valence electrons. The number of carbonyl (C=O) groups excluding carboxylic acids is 1. The number of rotatable bonds is 0. The van der Waals surface area contributed by atoms with Gasteiger partial charge in [-0.25, -0.2) is 5.84 Å². The lowest BCUT2D eigenvalue weighted by Gasteiger charge is -1.88. The van der Waals surface area contributed by atoms with E-state index in [0.717, 1.165) is 0 Å². The molecule has 0 spiro atoms. The molecule has 6 heteroatoms. The highest BCUT2D eigenvalue weighted by atomic mass is 35.5. The van der Waals surface area contributed by atoms with E-state index < -0.39 is 0 Å². The number of amides is 1. The number of halogens is 2. The molecular weight excluding hydrogens is 227 g/mol. The maximum atomic E-state index is 9.58. The molecule has 1 aromatic rings. The first-order chi connectivity index (χ1) is 6.07. The van der Waals surface area contributed by atoms with Gasteiger partial charge in [-0.15, -0.1) is 0 Å². The maximum absolute atomic E-state index is 9.58. The van der Waals surface area contributed by atoms with E-state index in [9.17, 15) is 4.79 Å². The molecule has 14 heavy (non-hydrogen) atoms. The Morgan fingerprint density at radius 1 is 1.29 bits per heavy atom. The fourth-order valence-electron chi connectivity index (χ4n) is 0.439. The highest BCUT2D eigenvalue weighted by Crippen LogP contribution is 2.19. The molecule has 0 fully saturated rings. The molecule has 0 aliphatic carbocycles. The summed E-state index contributed by atoms with van der Waals surface area (Å²) in [6.45, 7) is 1.35. The van der Waals surface area contributed by atoms with Crippen molar-refractivity contribution in [3.63, 3.8) is 0 Å². The molecule has 0 heterocycles. The summed E-state index contributed by atoms with van der Waals surface area (Å²) in [4.78, 5) is 9.58. The van der Waals surface area contributed by atoms with Crippen molar-refractivity contribution in [2.24, 2.45) is 5.84 Å². The smallest absolute Gasteiger partial charge is 0.230 e. The van der Waals surface area contributed by atoms with Crippen LogP contribution in [0.2, 0.25) is 10.0 Å². The quantitative estimate of drug-likeness (QED) is 0.404. The molecule has 0 saturated carbocycles. The van der Waals surface area contributed by atoms with Gasteiger partial charge < -0.3 is 5.48 Å². The van der Waals surface area contributed by atoms with Crippen LogP contribution in [-0.2, 0) is 4.79 Å². The highest BCUT2D eigenvalue weighted by Gasteiger charge is 1.89. The van der Waals surface area contributed by atoms with Gasteiger partial charge in [0.1, 0.15) is 0 Å². The van der Waals surface area contributed by atoms with Crippen LogP contribution < -0.4 is 11.3 Å². The second kappa shape index (κ2) is 8.77. The van der Waals surface area contributed by atoms with Crippen LogP contribution in [0, 0.1) is 0 Å². The zero-order valence-corrected chi connectivity index (χ0v) is 9.06. The van der Waals surface area contributed by atoms with E-state index in [-0.39, 0.29) is 11.4 Å². The predicted molar refractivity (Wildman–Crippen MR) is 58.1 cm³/mol. The number of benzene rings is 1. The normalized spacial score (nSPS) is 7.71. The van der Waals surface area contributed by atoms with Gasteiger partial charge in [-0.2, -0.15) is 0 Å². The molecule has 0 aliphatic rings. The van der Waals surface area contributed by atoms with Crippen molar-refractivity contribution < 1.29 is 10.3 Å². The molecule has 0 aromatic heterocycles. The molecule has 4 nitrogen and oxygen atoms in total. The van der Waals surface area contributed by atoms with Crippen LogP contribution in [0.3, 0.4) is 0 Å². The first-order valence-corrected chi connectivity index (χ1v) is 4.20. The van der Waals surface area contributed by atoms with E-state index in [1.54, 1.807) is 12.1 Å². The molecule has 5 N–H and O–H groups in total. The number of nitrogens with two attached hydrogens (primary N) is 1. The minimum absolute atomic E-state index is 0. The summed E-state index contributed by atoms with van der Waals surface area (Å²) in [5, 5.41) is 1.21. The van der Waals surface area contributed by atoms with Gasteiger partial charge in [0.2, 0.25) is 5.91 Å². The largest absolute Gasteiger partial charge is 0.412 e. The van der Waals surface area contributed by atoms with Gasteiger partial charge in [0.25, 0.3) is 0 Å². The van der Waals surface area contributed by atoms with Crippen molar-refractivity contribution in [3.8, 4) is 0 Å². The van der Waals surface area contributed by atoms with Gasteiger partial charge in [-0.3, -0.25) is 10.2 Å². The summed E-state index contributed by atoms with van der Waals surface area (Å²) in [5.74, 6) is 4.35. The van der Waals surface area contributed by atoms with Crippen LogP contribution in [0.5, 0.6) is 0 Å². The minimum atomic E-state index is -0.218. The van der Waals surface area contributed by atoms with Gasteiger partial charge in [0, 0.05) is 6.92 Å². The Bertz CT molecular complexity index is 261. The Kier molecular flexibility index (Phi) is 9.81. The van der Waals surface area contributed by atoms with E-state index in [4.69, 9.17) is 23.2 Å². The second-order valence-electron chi connectivity index (χ2n) is 2.11. The zero-order valence-electron chi connectivity index (χ0n) is 7.55. The number of hydrogen-bond acceptors (Lipinski definition) is 2. The number of hydrazine groups is 1. The standard InChI is InChI=1S/C6H4Cl2.C2H6N2O.H2O/c7-5-3-1-2-4-6(5)8;1-2(5)4-3;/h1-4H;3H2,1H3,(H,4,5);1H2. The van der Waals surface area contributed by atoms with Gasteiger partial charge in [0.15, 0.2) is 0 Å². The Morgan fingerprint density at radius 3 is 1.71 bits per heavy atom. The monoisotopic (exact) mass is 238 g/mol. The summed E-state index contributed by atoms with van der Waals surface area (Å²) in [5.41, 5.74) is 1.89. The first-order valence-electron chi connectivity index (χ1n) is 3.45. The number of nitrogens with one attached hydrogen (secondary N) is 1. The van der Waals surface area contributed by atoms with E-state index >= 15 is 0 Å². The van der Waals surface area contributed by atoms with Crippen molar-refractivity contribution in [2.75, 3.05) is 0 Å². The maximum Gasteiger partial charge on any atom is 0.230 e. The van der Waals surface area contributed by atoms with E-state index in [0.29, 0.717) is 10.0 Å². The van der Waals surface area contributed by atoms with Crippen molar-refractivity contribution in [1.82, 2.24) is 5.43 Å². The average Bonchev–Trinajstić information content (AvgIpc) is 2.11. The van der Waals surface area contributed by atoms with Crippen molar-refractivity contribution in [3.05, 3.63) is 34.3 Å². The zero-order chi connectivity index (χ0) is 10.3. The Balaban J connectivity index is 0. The summed E-state index contributed by atoms with van der Waals surface area (Å²) >= 11 is 11.2. The first kappa shape index (κ1) is 15.7. The Morgan fingerprint density at radius 2 is 1.57 bits per heavy atom. The molecule has 0 atom stereocenters. The van der Waals surface area contributed by atoms with Crippen LogP contribution in [0.4, 0.5) is 0 Å². The van der Waals surface area contributed by atoms with Crippen molar-refractivity contribution in [2.45, 2.75) is 6.92 Å². The van der Waals surface area contributed by atoms with E-state index in [1.165, 1.54) is 6.92 Å². The molecule has 0 aliphatic heterocycles. The molecular formula is C8H12Cl2N2O2. The van der Waals surface area contributed by atoms with Gasteiger partial charge >= 0.3 is 0 Å². The lowest BCUT2D eigenvalue weighted by atomic mass is 10.4. The van der Waals surface area contributed by atoms with E-state index in [1.807, 2.05) is 17.6 Å². The molecule has 0 saturated heterocycles. The summed E-state index contributed by atoms with van der Waals surface area (Å²) in [6, 6.07) is 7.19. The van der Waals surface area contributed by atoms with Crippen LogP contribution in [0.25, 0.3) is 0 Å². The summed E-state index contributed by atoms with van der Waals surface area (Å²) < 4.78 is 0. The third-order valence-electron chi connectivity index (χ3n) is 1.03.